The van der Waals surface area contributed by atoms with Crippen molar-refractivity contribution < 1.29 is 4.79 Å². The molecule has 17 heavy (non-hydrogen) atoms. The van der Waals surface area contributed by atoms with Crippen molar-refractivity contribution in [2.75, 3.05) is 0 Å². The summed E-state index contributed by atoms with van der Waals surface area (Å²) in [6, 6.07) is 2.92. The quantitative estimate of drug-likeness (QED) is 0.784. The van der Waals surface area contributed by atoms with Gasteiger partial charge in [0.15, 0.2) is 0 Å². The van der Waals surface area contributed by atoms with E-state index in [4.69, 9.17) is 0 Å². The van der Waals surface area contributed by atoms with Crippen molar-refractivity contribution in [3.8, 4) is 0 Å². The lowest BCUT2D eigenvalue weighted by Gasteiger charge is -2.19. The molecule has 2 saturated heterocycles. The summed E-state index contributed by atoms with van der Waals surface area (Å²) in [6.45, 7) is 0.573. The van der Waals surface area contributed by atoms with E-state index in [1.54, 1.807) is 10.9 Å². The minimum absolute atomic E-state index is 0.168. The Balaban J connectivity index is 1.56. The molecule has 3 rings (SSSR count). The van der Waals surface area contributed by atoms with E-state index in [1.807, 2.05) is 13.1 Å². The maximum atomic E-state index is 12.1. The minimum atomic E-state index is 0.168. The van der Waals surface area contributed by atoms with E-state index in [0.29, 0.717) is 18.6 Å². The first-order valence-corrected chi connectivity index (χ1v) is 6.24. The number of carbonyl (C=O) groups excluding carboxylic acids is 1. The zero-order valence-corrected chi connectivity index (χ0v) is 10.0. The summed E-state index contributed by atoms with van der Waals surface area (Å²) >= 11 is 0. The summed E-state index contributed by atoms with van der Waals surface area (Å²) in [5.41, 5.74) is 1.04. The van der Waals surface area contributed by atoms with Gasteiger partial charge in [-0.2, -0.15) is 5.10 Å². The Hall–Kier alpha value is -1.36. The summed E-state index contributed by atoms with van der Waals surface area (Å²) in [4.78, 5) is 12.1. The topological polar surface area (TPSA) is 59.0 Å². The van der Waals surface area contributed by atoms with E-state index in [-0.39, 0.29) is 11.8 Å². The second kappa shape index (κ2) is 4.14. The van der Waals surface area contributed by atoms with Crippen LogP contribution in [0.5, 0.6) is 0 Å². The maximum absolute atomic E-state index is 12.1. The van der Waals surface area contributed by atoms with Gasteiger partial charge in [-0.05, 0) is 25.3 Å². The molecule has 2 fully saturated rings. The van der Waals surface area contributed by atoms with E-state index in [9.17, 15) is 4.79 Å². The highest BCUT2D eigenvalue weighted by Gasteiger charge is 2.42. The van der Waals surface area contributed by atoms with E-state index in [0.717, 1.165) is 18.5 Å². The monoisotopic (exact) mass is 234 g/mol. The molecule has 0 saturated carbocycles. The van der Waals surface area contributed by atoms with Crippen molar-refractivity contribution in [3.63, 3.8) is 0 Å². The summed E-state index contributed by atoms with van der Waals surface area (Å²) < 4.78 is 1.79. The molecule has 2 N–H and O–H groups in total. The fourth-order valence-corrected chi connectivity index (χ4v) is 3.00. The number of rotatable bonds is 3. The second-order valence-electron chi connectivity index (χ2n) is 5.05. The van der Waals surface area contributed by atoms with Crippen molar-refractivity contribution >= 4 is 5.91 Å². The molecule has 3 heterocycles. The molecule has 1 aromatic heterocycles. The molecule has 2 aliphatic heterocycles. The van der Waals surface area contributed by atoms with Gasteiger partial charge in [-0.1, -0.05) is 0 Å². The number of nitrogens with one attached hydrogen (secondary N) is 2. The average Bonchev–Trinajstić information content (AvgIpc) is 3.01. The minimum Gasteiger partial charge on any atom is -0.350 e. The fraction of sp³-hybridized carbons (Fsp3) is 0.667. The lowest BCUT2D eigenvalue weighted by atomic mass is 9.88. The summed E-state index contributed by atoms with van der Waals surface area (Å²) in [5, 5.41) is 10.6. The molecule has 3 unspecified atom stereocenters. The van der Waals surface area contributed by atoms with Gasteiger partial charge < -0.3 is 10.6 Å². The van der Waals surface area contributed by atoms with E-state index < -0.39 is 0 Å². The van der Waals surface area contributed by atoms with Crippen molar-refractivity contribution in [1.82, 2.24) is 20.4 Å². The Labute approximate surface area is 101 Å². The lowest BCUT2D eigenvalue weighted by Crippen LogP contribution is -2.37. The zero-order valence-electron chi connectivity index (χ0n) is 10.0. The van der Waals surface area contributed by atoms with Crippen LogP contribution in [0.25, 0.3) is 0 Å². The van der Waals surface area contributed by atoms with Crippen LogP contribution in [0.1, 0.15) is 25.0 Å². The third-order valence-electron chi connectivity index (χ3n) is 4.00. The van der Waals surface area contributed by atoms with Gasteiger partial charge in [0.25, 0.3) is 0 Å². The third kappa shape index (κ3) is 1.95. The summed E-state index contributed by atoms with van der Waals surface area (Å²) in [5.74, 6) is 0.355. The van der Waals surface area contributed by atoms with Gasteiger partial charge in [0.2, 0.25) is 5.91 Å². The molecule has 3 atom stereocenters. The smallest absolute Gasteiger partial charge is 0.225 e. The number of aromatic nitrogens is 2. The Kier molecular flexibility index (Phi) is 2.63. The van der Waals surface area contributed by atoms with Gasteiger partial charge in [0.05, 0.1) is 18.2 Å². The van der Waals surface area contributed by atoms with E-state index in [2.05, 4.69) is 15.7 Å². The Bertz CT molecular complexity index is 428. The molecule has 2 bridgehead atoms. The van der Waals surface area contributed by atoms with Crippen molar-refractivity contribution in [2.45, 2.75) is 37.9 Å². The summed E-state index contributed by atoms with van der Waals surface area (Å²) in [6.07, 6.45) is 5.13. The number of amides is 1. The van der Waals surface area contributed by atoms with Crippen LogP contribution in [-0.4, -0.2) is 27.8 Å². The molecule has 5 nitrogen and oxygen atoms in total. The normalized spacial score (nSPS) is 30.8. The molecule has 5 heteroatoms. The molecule has 0 aromatic carbocycles. The SMILES string of the molecule is Cn1nccc1CNC(=O)C1CC2CCC1N2. The van der Waals surface area contributed by atoms with Crippen LogP contribution in [-0.2, 0) is 18.4 Å². The molecule has 0 radical (unpaired) electrons. The van der Waals surface area contributed by atoms with Gasteiger partial charge in [-0.15, -0.1) is 0 Å². The van der Waals surface area contributed by atoms with Crippen LogP contribution in [0.4, 0.5) is 0 Å². The number of fused-ring (bicyclic) bond motifs is 2. The highest BCUT2D eigenvalue weighted by atomic mass is 16.1. The number of aryl methyl sites for hydroxylation is 1. The molecule has 92 valence electrons. The molecular formula is C12H18N4O. The average molecular weight is 234 g/mol. The lowest BCUT2D eigenvalue weighted by molar-refractivity contribution is -0.125. The predicted octanol–water partition coefficient (Wildman–Crippen LogP) is 0.177. The second-order valence-corrected chi connectivity index (χ2v) is 5.05. The van der Waals surface area contributed by atoms with Crippen LogP contribution in [0.3, 0.4) is 0 Å². The molecule has 1 aromatic rings. The fourth-order valence-electron chi connectivity index (χ4n) is 3.00. The third-order valence-corrected chi connectivity index (χ3v) is 4.00. The van der Waals surface area contributed by atoms with Crippen molar-refractivity contribution in [2.24, 2.45) is 13.0 Å². The van der Waals surface area contributed by atoms with Crippen molar-refractivity contribution in [1.29, 1.82) is 0 Å². The maximum Gasteiger partial charge on any atom is 0.225 e. The van der Waals surface area contributed by atoms with E-state index in [1.165, 1.54) is 6.42 Å². The van der Waals surface area contributed by atoms with Gasteiger partial charge in [-0.3, -0.25) is 9.48 Å². The molecule has 0 spiro atoms. The predicted molar refractivity (Wildman–Crippen MR) is 63.1 cm³/mol. The Morgan fingerprint density at radius 1 is 1.65 bits per heavy atom. The zero-order chi connectivity index (χ0) is 11.8. The highest BCUT2D eigenvalue weighted by molar-refractivity contribution is 5.80. The molecule has 2 aliphatic rings. The first kappa shape index (κ1) is 10.8. The first-order valence-electron chi connectivity index (χ1n) is 6.24. The van der Waals surface area contributed by atoms with Crippen LogP contribution in [0.15, 0.2) is 12.3 Å². The van der Waals surface area contributed by atoms with Crippen LogP contribution >= 0.6 is 0 Å². The van der Waals surface area contributed by atoms with E-state index >= 15 is 0 Å². The molecule has 1 amide bonds. The number of hydrogen-bond donors (Lipinski definition) is 2. The number of carbonyl (C=O) groups is 1. The highest BCUT2D eigenvalue weighted by Crippen LogP contribution is 2.33. The van der Waals surface area contributed by atoms with Gasteiger partial charge in [0.1, 0.15) is 0 Å². The van der Waals surface area contributed by atoms with Gasteiger partial charge in [-0.25, -0.2) is 0 Å². The summed E-state index contributed by atoms with van der Waals surface area (Å²) in [7, 11) is 1.89. The number of nitrogens with zero attached hydrogens (tertiary/aromatic N) is 2. The van der Waals surface area contributed by atoms with Gasteiger partial charge in [0, 0.05) is 25.3 Å². The van der Waals surface area contributed by atoms with Crippen LogP contribution < -0.4 is 10.6 Å². The van der Waals surface area contributed by atoms with Crippen LogP contribution in [0.2, 0.25) is 0 Å². The first-order chi connectivity index (χ1) is 8.24. The largest absolute Gasteiger partial charge is 0.350 e. The van der Waals surface area contributed by atoms with Crippen LogP contribution in [0, 0.1) is 5.92 Å². The molecular weight excluding hydrogens is 216 g/mol. The standard InChI is InChI=1S/C12H18N4O/c1-16-9(4-5-14-16)7-13-12(17)10-6-8-2-3-11(10)15-8/h4-5,8,10-11,15H,2-3,6-7H2,1H3,(H,13,17). The Morgan fingerprint density at radius 2 is 2.53 bits per heavy atom. The van der Waals surface area contributed by atoms with Gasteiger partial charge >= 0.3 is 0 Å². The molecule has 0 aliphatic carbocycles. The van der Waals surface area contributed by atoms with Crippen molar-refractivity contribution in [3.05, 3.63) is 18.0 Å². The number of hydrogen-bond acceptors (Lipinski definition) is 3. The Morgan fingerprint density at radius 3 is 3.12 bits per heavy atom.